The van der Waals surface area contributed by atoms with E-state index in [0.29, 0.717) is 16.8 Å². The molecule has 0 radical (unpaired) electrons. The average molecular weight is 354 g/mol. The van der Waals surface area contributed by atoms with E-state index in [4.69, 9.17) is 11.6 Å². The number of imide groups is 1. The third-order valence-electron chi connectivity index (χ3n) is 2.70. The van der Waals surface area contributed by atoms with Crippen molar-refractivity contribution >= 4 is 58.6 Å². The quantitative estimate of drug-likeness (QED) is 0.500. The van der Waals surface area contributed by atoms with Gasteiger partial charge in [-0.05, 0) is 41.2 Å². The lowest BCUT2D eigenvalue weighted by atomic mass is 10.1. The molecule has 0 fully saturated rings. The Balaban J connectivity index is 0.000000677. The summed E-state index contributed by atoms with van der Waals surface area (Å²) in [6.07, 6.45) is 0.138. The summed E-state index contributed by atoms with van der Waals surface area (Å²) in [4.78, 5) is 35.7. The number of amides is 2. The SMILES string of the molecule is COC(=O)c1ccc2c(c1)N(C(=O)CCl)C(=O)C2.ClNCl. The van der Waals surface area contributed by atoms with E-state index in [0.717, 1.165) is 4.90 Å². The molecule has 0 saturated carbocycles. The van der Waals surface area contributed by atoms with Gasteiger partial charge in [0, 0.05) is 0 Å². The van der Waals surface area contributed by atoms with Gasteiger partial charge in [0.2, 0.25) is 11.8 Å². The summed E-state index contributed by atoms with van der Waals surface area (Å²) < 4.78 is 6.29. The number of carbonyl (C=O) groups excluding carboxylic acids is 3. The van der Waals surface area contributed by atoms with Crippen molar-refractivity contribution < 1.29 is 19.1 Å². The van der Waals surface area contributed by atoms with Crippen LogP contribution >= 0.6 is 35.2 Å². The van der Waals surface area contributed by atoms with Crippen LogP contribution in [0.3, 0.4) is 0 Å². The second kappa shape index (κ2) is 8.19. The van der Waals surface area contributed by atoms with Crippen molar-refractivity contribution in [1.82, 2.24) is 4.35 Å². The van der Waals surface area contributed by atoms with E-state index in [-0.39, 0.29) is 18.2 Å². The summed E-state index contributed by atoms with van der Waals surface area (Å²) in [6.45, 7) is 0. The van der Waals surface area contributed by atoms with Crippen LogP contribution in [0, 0.1) is 0 Å². The van der Waals surface area contributed by atoms with E-state index in [1.807, 2.05) is 0 Å². The molecular weight excluding hydrogens is 343 g/mol. The molecule has 0 aromatic heterocycles. The summed E-state index contributed by atoms with van der Waals surface area (Å²) in [5.74, 6) is -1.64. The molecule has 1 aliphatic heterocycles. The molecule has 0 spiro atoms. The third-order valence-corrected chi connectivity index (χ3v) is 2.93. The molecular formula is C12H11Cl3N2O4. The first kappa shape index (κ1) is 17.7. The Kier molecular flexibility index (Phi) is 6.91. The Morgan fingerprint density at radius 3 is 2.52 bits per heavy atom. The number of halogens is 3. The van der Waals surface area contributed by atoms with Crippen molar-refractivity contribution in [2.75, 3.05) is 17.9 Å². The van der Waals surface area contributed by atoms with Crippen LogP contribution in [0.2, 0.25) is 0 Å². The van der Waals surface area contributed by atoms with Gasteiger partial charge in [0.25, 0.3) is 0 Å². The van der Waals surface area contributed by atoms with Gasteiger partial charge >= 0.3 is 5.97 Å². The second-order valence-electron chi connectivity index (χ2n) is 3.84. The van der Waals surface area contributed by atoms with Crippen LogP contribution < -0.4 is 9.25 Å². The fourth-order valence-electron chi connectivity index (χ4n) is 1.88. The first-order valence-corrected chi connectivity index (χ1v) is 6.88. The number of carbonyl (C=O) groups is 3. The van der Waals surface area contributed by atoms with Crippen LogP contribution in [0.15, 0.2) is 18.2 Å². The zero-order valence-electron chi connectivity index (χ0n) is 10.9. The number of hydrogen-bond acceptors (Lipinski definition) is 5. The molecule has 1 aromatic carbocycles. The number of fused-ring (bicyclic) bond motifs is 1. The number of hydrogen-bond donors (Lipinski definition) is 1. The highest BCUT2D eigenvalue weighted by Crippen LogP contribution is 2.30. The summed E-state index contributed by atoms with van der Waals surface area (Å²) in [5.41, 5.74) is 1.40. The van der Waals surface area contributed by atoms with E-state index in [9.17, 15) is 14.4 Å². The van der Waals surface area contributed by atoms with Crippen LogP contribution in [0.1, 0.15) is 15.9 Å². The number of methoxy groups -OCH3 is 1. The predicted molar refractivity (Wildman–Crippen MR) is 79.5 cm³/mol. The van der Waals surface area contributed by atoms with E-state index >= 15 is 0 Å². The topological polar surface area (TPSA) is 75.7 Å². The van der Waals surface area contributed by atoms with Gasteiger partial charge in [0.05, 0.1) is 24.8 Å². The Morgan fingerprint density at radius 1 is 1.38 bits per heavy atom. The molecule has 114 valence electrons. The summed E-state index contributed by atoms with van der Waals surface area (Å²) in [6, 6.07) is 4.67. The Labute approximate surface area is 136 Å². The molecule has 1 aliphatic rings. The molecule has 1 aromatic rings. The lowest BCUT2D eigenvalue weighted by Crippen LogP contribution is -2.34. The maximum absolute atomic E-state index is 11.7. The molecule has 9 heteroatoms. The number of alkyl halides is 1. The average Bonchev–Trinajstić information content (AvgIpc) is 2.81. The summed E-state index contributed by atoms with van der Waals surface area (Å²) >= 11 is 14.5. The zero-order chi connectivity index (χ0) is 16.0. The minimum absolute atomic E-state index is 0.138. The minimum atomic E-state index is -0.518. The largest absolute Gasteiger partial charge is 0.465 e. The van der Waals surface area contributed by atoms with Gasteiger partial charge in [-0.3, -0.25) is 9.59 Å². The number of esters is 1. The van der Waals surface area contributed by atoms with Crippen molar-refractivity contribution in [3.63, 3.8) is 0 Å². The maximum Gasteiger partial charge on any atom is 0.337 e. The van der Waals surface area contributed by atoms with E-state index in [2.05, 4.69) is 28.3 Å². The fraction of sp³-hybridized carbons (Fsp3) is 0.250. The van der Waals surface area contributed by atoms with Gasteiger partial charge in [-0.25, -0.2) is 9.69 Å². The molecule has 2 amide bonds. The van der Waals surface area contributed by atoms with Crippen LogP contribution in [-0.4, -0.2) is 30.8 Å². The van der Waals surface area contributed by atoms with Gasteiger partial charge in [-0.2, -0.15) is 0 Å². The Hall–Kier alpha value is -1.34. The van der Waals surface area contributed by atoms with E-state index in [1.54, 1.807) is 16.5 Å². The van der Waals surface area contributed by atoms with Crippen molar-refractivity contribution in [2.45, 2.75) is 6.42 Å². The normalized spacial score (nSPS) is 12.4. The highest BCUT2D eigenvalue weighted by molar-refractivity contribution is 6.34. The second-order valence-corrected chi connectivity index (χ2v) is 4.68. The smallest absolute Gasteiger partial charge is 0.337 e. The molecule has 6 nitrogen and oxygen atoms in total. The van der Waals surface area contributed by atoms with Crippen molar-refractivity contribution in [3.05, 3.63) is 29.3 Å². The number of rotatable bonds is 2. The Morgan fingerprint density at radius 2 is 2.00 bits per heavy atom. The molecule has 0 bridgehead atoms. The molecule has 21 heavy (non-hydrogen) atoms. The number of ether oxygens (including phenoxy) is 1. The van der Waals surface area contributed by atoms with Crippen molar-refractivity contribution in [1.29, 1.82) is 0 Å². The maximum atomic E-state index is 11.7. The number of anilines is 1. The van der Waals surface area contributed by atoms with Gasteiger partial charge < -0.3 is 4.74 Å². The van der Waals surface area contributed by atoms with Crippen molar-refractivity contribution in [3.8, 4) is 0 Å². The zero-order valence-corrected chi connectivity index (χ0v) is 13.1. The number of nitrogens with zero attached hydrogens (tertiary/aromatic N) is 1. The predicted octanol–water partition coefficient (Wildman–Crippen LogP) is 2.01. The minimum Gasteiger partial charge on any atom is -0.465 e. The molecule has 1 N–H and O–H groups in total. The molecule has 0 aliphatic carbocycles. The van der Waals surface area contributed by atoms with Gasteiger partial charge in [0.1, 0.15) is 5.88 Å². The van der Waals surface area contributed by atoms with Crippen LogP contribution in [-0.2, 0) is 20.7 Å². The molecule has 0 saturated heterocycles. The van der Waals surface area contributed by atoms with Gasteiger partial charge in [-0.15, -0.1) is 16.0 Å². The molecule has 0 atom stereocenters. The molecule has 0 unspecified atom stereocenters. The lowest BCUT2D eigenvalue weighted by Gasteiger charge is -2.14. The molecule has 2 rings (SSSR count). The third kappa shape index (κ3) is 4.07. The van der Waals surface area contributed by atoms with Gasteiger partial charge in [0.15, 0.2) is 0 Å². The first-order chi connectivity index (χ1) is 9.99. The Bertz CT molecular complexity index is 557. The number of benzene rings is 1. The van der Waals surface area contributed by atoms with Crippen LogP contribution in [0.4, 0.5) is 5.69 Å². The van der Waals surface area contributed by atoms with Crippen molar-refractivity contribution in [2.24, 2.45) is 0 Å². The highest BCUT2D eigenvalue weighted by Gasteiger charge is 2.32. The van der Waals surface area contributed by atoms with Crippen LogP contribution in [0.5, 0.6) is 0 Å². The lowest BCUT2D eigenvalue weighted by molar-refractivity contribution is -0.124. The van der Waals surface area contributed by atoms with Gasteiger partial charge in [-0.1, -0.05) is 6.07 Å². The first-order valence-electron chi connectivity index (χ1n) is 5.59. The summed E-state index contributed by atoms with van der Waals surface area (Å²) in [5, 5.41) is 0. The van der Waals surface area contributed by atoms with E-state index in [1.165, 1.54) is 13.2 Å². The number of nitrogens with one attached hydrogen (secondary N) is 1. The molecule has 1 heterocycles. The highest BCUT2D eigenvalue weighted by atomic mass is 35.5. The summed E-state index contributed by atoms with van der Waals surface area (Å²) in [7, 11) is 1.27. The fourth-order valence-corrected chi connectivity index (χ4v) is 2.00. The van der Waals surface area contributed by atoms with Crippen LogP contribution in [0.25, 0.3) is 0 Å². The van der Waals surface area contributed by atoms with E-state index < -0.39 is 11.9 Å². The monoisotopic (exact) mass is 352 g/mol. The standard InChI is InChI=1S/C12H10ClNO4.Cl2HN/c1-18-12(17)8-3-2-7-5-10(15)14(9(7)4-8)11(16)6-13;1-3-2/h2-4H,5-6H2,1H3;3H.